The van der Waals surface area contributed by atoms with Crippen LogP contribution in [0.15, 0.2) is 59.8 Å². The Labute approximate surface area is 117 Å². The van der Waals surface area contributed by atoms with Crippen LogP contribution in [0.1, 0.15) is 22.8 Å². The Balaban J connectivity index is 2.19. The fourth-order valence-corrected chi connectivity index (χ4v) is 1.79. The number of hydrogen-bond donors (Lipinski definition) is 1. The molecule has 4 heteroatoms. The summed E-state index contributed by atoms with van der Waals surface area (Å²) in [5.41, 5.74) is 1.84. The summed E-state index contributed by atoms with van der Waals surface area (Å²) in [7, 11) is 0. The summed E-state index contributed by atoms with van der Waals surface area (Å²) in [5.74, 6) is 0.0704. The van der Waals surface area contributed by atoms with Gasteiger partial charge in [0.2, 0.25) is 0 Å². The first-order valence-electron chi connectivity index (χ1n) is 6.23. The van der Waals surface area contributed by atoms with Crippen molar-refractivity contribution in [2.24, 2.45) is 5.16 Å². The third-order valence-electron chi connectivity index (χ3n) is 2.80. The van der Waals surface area contributed by atoms with Crippen molar-refractivity contribution in [3.63, 3.8) is 0 Å². The maximum atomic E-state index is 12.0. The van der Waals surface area contributed by atoms with E-state index < -0.39 is 5.97 Å². The Bertz CT molecular complexity index is 621. The van der Waals surface area contributed by atoms with E-state index in [4.69, 9.17) is 9.94 Å². The van der Waals surface area contributed by atoms with Crippen molar-refractivity contribution in [3.05, 3.63) is 65.7 Å². The Morgan fingerprint density at radius 3 is 2.45 bits per heavy atom. The Morgan fingerprint density at radius 2 is 1.75 bits per heavy atom. The number of rotatable bonds is 4. The number of benzene rings is 2. The molecule has 0 heterocycles. The first kappa shape index (κ1) is 13.8. The largest absolute Gasteiger partial charge is 0.423 e. The van der Waals surface area contributed by atoms with Gasteiger partial charge in [-0.3, -0.25) is 0 Å². The number of hydrogen-bond acceptors (Lipinski definition) is 4. The predicted octanol–water partition coefficient (Wildman–Crippen LogP) is 3.30. The molecule has 2 aromatic carbocycles. The number of ether oxygens (including phenoxy) is 1. The van der Waals surface area contributed by atoms with Gasteiger partial charge in [-0.25, -0.2) is 4.79 Å². The zero-order chi connectivity index (χ0) is 14.4. The third-order valence-corrected chi connectivity index (χ3v) is 2.80. The lowest BCUT2D eigenvalue weighted by molar-refractivity contribution is 0.0733. The zero-order valence-corrected chi connectivity index (χ0v) is 11.1. The van der Waals surface area contributed by atoms with Gasteiger partial charge in [0.05, 0.1) is 11.3 Å². The lowest BCUT2D eigenvalue weighted by Crippen LogP contribution is -2.10. The van der Waals surface area contributed by atoms with Crippen LogP contribution in [-0.4, -0.2) is 16.9 Å². The molecule has 4 nitrogen and oxygen atoms in total. The molecule has 0 saturated heterocycles. The fraction of sp³-hybridized carbons (Fsp3) is 0.125. The summed E-state index contributed by atoms with van der Waals surface area (Å²) in [5, 5.41) is 11.9. The van der Waals surface area contributed by atoms with Crippen molar-refractivity contribution in [3.8, 4) is 5.75 Å². The topological polar surface area (TPSA) is 58.9 Å². The first-order valence-corrected chi connectivity index (χ1v) is 6.23. The van der Waals surface area contributed by atoms with Gasteiger partial charge in [-0.1, -0.05) is 41.6 Å². The molecule has 0 atom stereocenters. The Kier molecular flexibility index (Phi) is 4.50. The van der Waals surface area contributed by atoms with E-state index in [0.29, 0.717) is 23.4 Å². The lowest BCUT2D eigenvalue weighted by atomic mass is 10.1. The minimum Gasteiger partial charge on any atom is -0.423 e. The second-order valence-electron chi connectivity index (χ2n) is 4.38. The highest BCUT2D eigenvalue weighted by Gasteiger charge is 2.11. The molecular formula is C16H15NO3. The summed E-state index contributed by atoms with van der Waals surface area (Å²) in [4.78, 5) is 12.0. The normalized spacial score (nSPS) is 11.2. The molecular weight excluding hydrogens is 254 g/mol. The maximum Gasteiger partial charge on any atom is 0.343 e. The second-order valence-corrected chi connectivity index (χ2v) is 4.38. The smallest absolute Gasteiger partial charge is 0.343 e. The SMILES string of the molecule is C/C(Cc1ccccc1OC(=O)c1ccccc1)=N\O. The number of esters is 1. The molecule has 0 bridgehead atoms. The van der Waals surface area contributed by atoms with E-state index in [2.05, 4.69) is 5.16 Å². The monoisotopic (exact) mass is 269 g/mol. The molecule has 0 fully saturated rings. The highest BCUT2D eigenvalue weighted by atomic mass is 16.5. The summed E-state index contributed by atoms with van der Waals surface area (Å²) in [6, 6.07) is 16.0. The van der Waals surface area contributed by atoms with Crippen molar-refractivity contribution in [1.82, 2.24) is 0 Å². The molecule has 102 valence electrons. The number of para-hydroxylation sites is 1. The molecule has 0 aliphatic carbocycles. The second kappa shape index (κ2) is 6.52. The molecule has 0 aliphatic heterocycles. The van der Waals surface area contributed by atoms with Gasteiger partial charge in [0, 0.05) is 12.0 Å². The first-order chi connectivity index (χ1) is 9.70. The van der Waals surface area contributed by atoms with Crippen molar-refractivity contribution < 1.29 is 14.7 Å². The molecule has 1 N–H and O–H groups in total. The van der Waals surface area contributed by atoms with Crippen molar-refractivity contribution in [2.75, 3.05) is 0 Å². The molecule has 0 aromatic heterocycles. The average molecular weight is 269 g/mol. The van der Waals surface area contributed by atoms with Crippen molar-refractivity contribution in [2.45, 2.75) is 13.3 Å². The van der Waals surface area contributed by atoms with E-state index in [0.717, 1.165) is 5.56 Å². The average Bonchev–Trinajstić information content (AvgIpc) is 2.50. The lowest BCUT2D eigenvalue weighted by Gasteiger charge is -2.09. The molecule has 0 spiro atoms. The standard InChI is InChI=1S/C16H15NO3/c1-12(17-19)11-14-9-5-6-10-15(14)20-16(18)13-7-3-2-4-8-13/h2-10,19H,11H2,1H3/b17-12+. The van der Waals surface area contributed by atoms with Gasteiger partial charge in [0.1, 0.15) is 5.75 Å². The van der Waals surface area contributed by atoms with Crippen molar-refractivity contribution >= 4 is 11.7 Å². The van der Waals surface area contributed by atoms with Gasteiger partial charge in [0.25, 0.3) is 0 Å². The van der Waals surface area contributed by atoms with Gasteiger partial charge in [-0.2, -0.15) is 0 Å². The van der Waals surface area contributed by atoms with Gasteiger partial charge in [0.15, 0.2) is 0 Å². The Hall–Kier alpha value is -2.62. The van der Waals surface area contributed by atoms with Crippen LogP contribution in [-0.2, 0) is 6.42 Å². The number of carbonyl (C=O) groups excluding carboxylic acids is 1. The quantitative estimate of drug-likeness (QED) is 0.304. The van der Waals surface area contributed by atoms with Gasteiger partial charge in [-0.15, -0.1) is 0 Å². The van der Waals surface area contributed by atoms with Crippen LogP contribution in [0.3, 0.4) is 0 Å². The van der Waals surface area contributed by atoms with E-state index in [9.17, 15) is 4.79 Å². The van der Waals surface area contributed by atoms with Gasteiger partial charge >= 0.3 is 5.97 Å². The summed E-state index contributed by atoms with van der Waals surface area (Å²) < 4.78 is 5.40. The number of oxime groups is 1. The molecule has 0 unspecified atom stereocenters. The van der Waals surface area contributed by atoms with Gasteiger partial charge < -0.3 is 9.94 Å². The van der Waals surface area contributed by atoms with Crippen LogP contribution >= 0.6 is 0 Å². The molecule has 2 rings (SSSR count). The zero-order valence-electron chi connectivity index (χ0n) is 11.1. The van der Waals surface area contributed by atoms with Crippen LogP contribution in [0.25, 0.3) is 0 Å². The number of carbonyl (C=O) groups is 1. The molecule has 0 aliphatic rings. The van der Waals surface area contributed by atoms with Crippen LogP contribution in [0.4, 0.5) is 0 Å². The van der Waals surface area contributed by atoms with Crippen molar-refractivity contribution in [1.29, 1.82) is 0 Å². The van der Waals surface area contributed by atoms with E-state index in [1.54, 1.807) is 43.3 Å². The molecule has 20 heavy (non-hydrogen) atoms. The minimum absolute atomic E-state index is 0.406. The van der Waals surface area contributed by atoms with Crippen LogP contribution < -0.4 is 4.74 Å². The van der Waals surface area contributed by atoms with E-state index in [-0.39, 0.29) is 0 Å². The number of nitrogens with zero attached hydrogens (tertiary/aromatic N) is 1. The highest BCUT2D eigenvalue weighted by molar-refractivity contribution is 5.91. The summed E-state index contributed by atoms with van der Waals surface area (Å²) >= 11 is 0. The highest BCUT2D eigenvalue weighted by Crippen LogP contribution is 2.20. The Morgan fingerprint density at radius 1 is 1.10 bits per heavy atom. The van der Waals surface area contributed by atoms with E-state index in [1.807, 2.05) is 18.2 Å². The van der Waals surface area contributed by atoms with Crippen LogP contribution in [0, 0.1) is 0 Å². The molecule has 0 amide bonds. The molecule has 2 aromatic rings. The predicted molar refractivity (Wildman–Crippen MR) is 76.4 cm³/mol. The van der Waals surface area contributed by atoms with E-state index in [1.165, 1.54) is 0 Å². The molecule has 0 saturated carbocycles. The summed E-state index contributed by atoms with van der Waals surface area (Å²) in [6.45, 7) is 1.70. The third kappa shape index (κ3) is 3.45. The molecule has 0 radical (unpaired) electrons. The maximum absolute atomic E-state index is 12.0. The van der Waals surface area contributed by atoms with E-state index >= 15 is 0 Å². The minimum atomic E-state index is -0.406. The van der Waals surface area contributed by atoms with Crippen LogP contribution in [0.5, 0.6) is 5.75 Å². The fourth-order valence-electron chi connectivity index (χ4n) is 1.79. The van der Waals surface area contributed by atoms with Crippen LogP contribution in [0.2, 0.25) is 0 Å². The van der Waals surface area contributed by atoms with Gasteiger partial charge in [-0.05, 0) is 25.1 Å². The summed E-state index contributed by atoms with van der Waals surface area (Å²) in [6.07, 6.45) is 0.425.